The molecule has 0 bridgehead atoms. The molecule has 7 heteroatoms. The van der Waals surface area contributed by atoms with Crippen molar-refractivity contribution in [3.8, 4) is 11.4 Å². The zero-order valence-corrected chi connectivity index (χ0v) is 11.6. The van der Waals surface area contributed by atoms with Gasteiger partial charge in [0.1, 0.15) is 5.82 Å². The molecule has 20 heavy (non-hydrogen) atoms. The molecule has 0 fully saturated rings. The van der Waals surface area contributed by atoms with Crippen LogP contribution in [0.2, 0.25) is 0 Å². The van der Waals surface area contributed by atoms with Gasteiger partial charge in [0.25, 0.3) is 0 Å². The van der Waals surface area contributed by atoms with Gasteiger partial charge in [-0.2, -0.15) is 5.10 Å². The van der Waals surface area contributed by atoms with Crippen molar-refractivity contribution < 1.29 is 9.90 Å². The lowest BCUT2D eigenvalue weighted by Gasteiger charge is -2.20. The summed E-state index contributed by atoms with van der Waals surface area (Å²) in [6.07, 6.45) is 4.01. The van der Waals surface area contributed by atoms with Crippen LogP contribution in [0, 0.1) is 5.92 Å². The van der Waals surface area contributed by atoms with Crippen molar-refractivity contribution in [3.63, 3.8) is 0 Å². The van der Waals surface area contributed by atoms with Crippen molar-refractivity contribution in [3.05, 3.63) is 17.7 Å². The fourth-order valence-corrected chi connectivity index (χ4v) is 2.71. The first-order chi connectivity index (χ1) is 9.60. The van der Waals surface area contributed by atoms with Crippen molar-refractivity contribution in [2.45, 2.75) is 32.7 Å². The van der Waals surface area contributed by atoms with Gasteiger partial charge in [0.05, 0.1) is 17.2 Å². The molecule has 0 spiro atoms. The third-order valence-corrected chi connectivity index (χ3v) is 3.78. The number of hydrogen-bond donors (Lipinski definition) is 1. The highest BCUT2D eigenvalue weighted by Crippen LogP contribution is 2.27. The Hall–Kier alpha value is -2.18. The maximum atomic E-state index is 11.2. The van der Waals surface area contributed by atoms with E-state index in [0.29, 0.717) is 19.4 Å². The lowest BCUT2D eigenvalue weighted by atomic mass is 9.99. The second-order valence-corrected chi connectivity index (χ2v) is 5.14. The zero-order valence-electron chi connectivity index (χ0n) is 11.6. The van der Waals surface area contributed by atoms with Crippen LogP contribution in [0.3, 0.4) is 0 Å². The monoisotopic (exact) mass is 275 g/mol. The van der Waals surface area contributed by atoms with E-state index in [0.717, 1.165) is 29.3 Å². The topological polar surface area (TPSA) is 85.8 Å². The number of carbonyl (C=O) groups is 1. The number of carboxylic acids is 1. The Kier molecular flexibility index (Phi) is 3.04. The molecular weight excluding hydrogens is 258 g/mol. The van der Waals surface area contributed by atoms with E-state index in [-0.39, 0.29) is 5.92 Å². The number of carboxylic acid groups (broad SMARTS) is 1. The Morgan fingerprint density at radius 1 is 1.50 bits per heavy atom. The van der Waals surface area contributed by atoms with Gasteiger partial charge in [-0.05, 0) is 12.8 Å². The molecule has 0 aromatic carbocycles. The summed E-state index contributed by atoms with van der Waals surface area (Å²) < 4.78 is 3.69. The second-order valence-electron chi connectivity index (χ2n) is 5.14. The maximum Gasteiger partial charge on any atom is 0.308 e. The highest BCUT2D eigenvalue weighted by molar-refractivity contribution is 5.70. The molecule has 0 amide bonds. The molecular formula is C13H17N5O2. The number of aryl methyl sites for hydroxylation is 3. The van der Waals surface area contributed by atoms with E-state index in [9.17, 15) is 9.90 Å². The summed E-state index contributed by atoms with van der Waals surface area (Å²) in [5.41, 5.74) is 1.90. The molecule has 1 aliphatic rings. The van der Waals surface area contributed by atoms with E-state index in [4.69, 9.17) is 0 Å². The molecule has 1 aliphatic heterocycles. The third-order valence-electron chi connectivity index (χ3n) is 3.78. The number of fused-ring (bicyclic) bond motifs is 1. The van der Waals surface area contributed by atoms with E-state index in [2.05, 4.69) is 15.3 Å². The smallest absolute Gasteiger partial charge is 0.308 e. The lowest BCUT2D eigenvalue weighted by Crippen LogP contribution is -2.27. The number of rotatable bonds is 3. The summed E-state index contributed by atoms with van der Waals surface area (Å²) in [4.78, 5) is 11.2. The molecule has 0 saturated heterocycles. The van der Waals surface area contributed by atoms with Crippen molar-refractivity contribution >= 4 is 5.97 Å². The first-order valence-electron chi connectivity index (χ1n) is 6.78. The normalized spacial score (nSPS) is 18.0. The predicted molar refractivity (Wildman–Crippen MR) is 71.0 cm³/mol. The van der Waals surface area contributed by atoms with Crippen molar-refractivity contribution in [1.82, 2.24) is 24.5 Å². The minimum absolute atomic E-state index is 0.362. The fourth-order valence-electron chi connectivity index (χ4n) is 2.71. The molecule has 106 valence electrons. The van der Waals surface area contributed by atoms with Gasteiger partial charge in [-0.3, -0.25) is 9.48 Å². The van der Waals surface area contributed by atoms with Crippen LogP contribution in [0.1, 0.15) is 24.9 Å². The van der Waals surface area contributed by atoms with E-state index in [1.165, 1.54) is 0 Å². The number of aliphatic carboxylic acids is 1. The predicted octanol–water partition coefficient (Wildman–Crippen LogP) is 0.888. The van der Waals surface area contributed by atoms with Crippen molar-refractivity contribution in [2.75, 3.05) is 0 Å². The van der Waals surface area contributed by atoms with Crippen LogP contribution in [0.15, 0.2) is 6.20 Å². The van der Waals surface area contributed by atoms with Gasteiger partial charge in [-0.15, -0.1) is 10.2 Å². The average Bonchev–Trinajstić information content (AvgIpc) is 3.00. The van der Waals surface area contributed by atoms with Gasteiger partial charge in [-0.25, -0.2) is 0 Å². The Labute approximate surface area is 116 Å². The van der Waals surface area contributed by atoms with E-state index in [1.807, 2.05) is 24.7 Å². The van der Waals surface area contributed by atoms with Crippen LogP contribution in [0.25, 0.3) is 11.4 Å². The summed E-state index contributed by atoms with van der Waals surface area (Å²) in [5, 5.41) is 22.0. The molecule has 2 aromatic heterocycles. The third kappa shape index (κ3) is 1.99. The maximum absolute atomic E-state index is 11.2. The summed E-state index contributed by atoms with van der Waals surface area (Å²) >= 11 is 0. The largest absolute Gasteiger partial charge is 0.481 e. The standard InChI is InChI=1S/C13H17N5O2/c1-3-10-9(7-17(2)16-10)12-15-14-11-5-4-8(13(19)20)6-18(11)12/h7-8H,3-6H2,1-2H3,(H,19,20). The molecule has 0 aliphatic carbocycles. The molecule has 3 rings (SSSR count). The highest BCUT2D eigenvalue weighted by Gasteiger charge is 2.28. The van der Waals surface area contributed by atoms with Crippen LogP contribution in [0.4, 0.5) is 0 Å². The van der Waals surface area contributed by atoms with Crippen LogP contribution >= 0.6 is 0 Å². The number of nitrogens with zero attached hydrogens (tertiary/aromatic N) is 5. The van der Waals surface area contributed by atoms with Crippen LogP contribution in [-0.4, -0.2) is 35.6 Å². The van der Waals surface area contributed by atoms with Gasteiger partial charge in [0.2, 0.25) is 0 Å². The molecule has 2 aromatic rings. The number of hydrogen-bond acceptors (Lipinski definition) is 4. The average molecular weight is 275 g/mol. The fraction of sp³-hybridized carbons (Fsp3) is 0.538. The highest BCUT2D eigenvalue weighted by atomic mass is 16.4. The summed E-state index contributed by atoms with van der Waals surface area (Å²) in [6.45, 7) is 2.48. The van der Waals surface area contributed by atoms with Gasteiger partial charge in [0, 0.05) is 26.2 Å². The SMILES string of the molecule is CCc1nn(C)cc1-c1nnc2n1CC(C(=O)O)CC2. The van der Waals surface area contributed by atoms with Crippen LogP contribution < -0.4 is 0 Å². The molecule has 3 heterocycles. The first kappa shape index (κ1) is 12.8. The Morgan fingerprint density at radius 3 is 3.00 bits per heavy atom. The molecule has 0 radical (unpaired) electrons. The lowest BCUT2D eigenvalue weighted by molar-refractivity contribution is -0.142. The minimum atomic E-state index is -0.753. The van der Waals surface area contributed by atoms with Crippen LogP contribution in [0.5, 0.6) is 0 Å². The molecule has 0 saturated carbocycles. The molecule has 1 N–H and O–H groups in total. The number of aromatic nitrogens is 5. The summed E-state index contributed by atoms with van der Waals surface area (Å²) in [7, 11) is 1.87. The van der Waals surface area contributed by atoms with Gasteiger partial charge < -0.3 is 9.67 Å². The Morgan fingerprint density at radius 2 is 2.30 bits per heavy atom. The van der Waals surface area contributed by atoms with Crippen molar-refractivity contribution in [2.24, 2.45) is 13.0 Å². The Bertz CT molecular complexity index is 658. The van der Waals surface area contributed by atoms with Crippen molar-refractivity contribution in [1.29, 1.82) is 0 Å². The van der Waals surface area contributed by atoms with E-state index in [1.54, 1.807) is 4.68 Å². The molecule has 7 nitrogen and oxygen atoms in total. The summed E-state index contributed by atoms with van der Waals surface area (Å²) in [5.74, 6) is 0.482. The second kappa shape index (κ2) is 4.73. The van der Waals surface area contributed by atoms with E-state index >= 15 is 0 Å². The van der Waals surface area contributed by atoms with E-state index < -0.39 is 5.97 Å². The Balaban J connectivity index is 2.04. The van der Waals surface area contributed by atoms with Gasteiger partial charge in [0.15, 0.2) is 5.82 Å². The first-order valence-corrected chi connectivity index (χ1v) is 6.78. The van der Waals surface area contributed by atoms with Crippen LogP contribution in [-0.2, 0) is 31.2 Å². The minimum Gasteiger partial charge on any atom is -0.481 e. The molecule has 1 unspecified atom stereocenters. The zero-order chi connectivity index (χ0) is 14.3. The summed E-state index contributed by atoms with van der Waals surface area (Å²) in [6, 6.07) is 0. The quantitative estimate of drug-likeness (QED) is 0.899. The van der Waals surface area contributed by atoms with Gasteiger partial charge in [-0.1, -0.05) is 6.92 Å². The van der Waals surface area contributed by atoms with Gasteiger partial charge >= 0.3 is 5.97 Å². The molecule has 1 atom stereocenters.